The van der Waals surface area contributed by atoms with Crippen LogP contribution in [0.4, 0.5) is 17.3 Å². The van der Waals surface area contributed by atoms with Crippen molar-refractivity contribution in [3.8, 4) is 17.5 Å². The summed E-state index contributed by atoms with van der Waals surface area (Å²) in [6.45, 7) is 2.95. The molecule has 0 amide bonds. The highest BCUT2D eigenvalue weighted by Gasteiger charge is 2.16. The van der Waals surface area contributed by atoms with Crippen LogP contribution in [0.1, 0.15) is 5.56 Å². The van der Waals surface area contributed by atoms with E-state index in [9.17, 15) is 5.26 Å². The molecular weight excluding hydrogens is 338 g/mol. The first-order valence-electron chi connectivity index (χ1n) is 8.87. The topological polar surface area (TPSA) is 74.1 Å². The molecule has 4 rings (SSSR count). The summed E-state index contributed by atoms with van der Waals surface area (Å²) >= 11 is 0. The number of nitriles is 1. The maximum atomic E-state index is 9.34. The number of benzene rings is 2. The molecule has 1 N–H and O–H groups in total. The van der Waals surface area contributed by atoms with Crippen molar-refractivity contribution in [1.82, 2.24) is 9.97 Å². The molecule has 134 valence electrons. The summed E-state index contributed by atoms with van der Waals surface area (Å²) in [4.78, 5) is 11.6. The Kier molecular flexibility index (Phi) is 4.95. The Morgan fingerprint density at radius 3 is 2.48 bits per heavy atom. The zero-order valence-corrected chi connectivity index (χ0v) is 14.8. The first kappa shape index (κ1) is 17.0. The van der Waals surface area contributed by atoms with Crippen molar-refractivity contribution in [3.63, 3.8) is 0 Å². The number of para-hydroxylation sites is 1. The third-order valence-electron chi connectivity index (χ3n) is 4.39. The normalized spacial score (nSPS) is 13.8. The number of anilines is 3. The van der Waals surface area contributed by atoms with Crippen molar-refractivity contribution in [2.75, 3.05) is 36.5 Å². The van der Waals surface area contributed by atoms with Gasteiger partial charge in [0.1, 0.15) is 17.7 Å². The number of rotatable bonds is 4. The van der Waals surface area contributed by atoms with Crippen molar-refractivity contribution < 1.29 is 4.74 Å². The Labute approximate surface area is 158 Å². The molecule has 0 unspecified atom stereocenters. The van der Waals surface area contributed by atoms with Gasteiger partial charge in [-0.15, -0.1) is 0 Å². The van der Waals surface area contributed by atoms with E-state index < -0.39 is 0 Å². The van der Waals surface area contributed by atoms with Crippen molar-refractivity contribution in [1.29, 1.82) is 5.26 Å². The highest BCUT2D eigenvalue weighted by Crippen LogP contribution is 2.26. The Balaban J connectivity index is 1.74. The third-order valence-corrected chi connectivity index (χ3v) is 4.39. The van der Waals surface area contributed by atoms with Crippen LogP contribution in [0.3, 0.4) is 0 Å². The van der Waals surface area contributed by atoms with Gasteiger partial charge in [0, 0.05) is 24.7 Å². The highest BCUT2D eigenvalue weighted by molar-refractivity contribution is 5.68. The Morgan fingerprint density at radius 1 is 0.963 bits per heavy atom. The summed E-state index contributed by atoms with van der Waals surface area (Å²) in [6.07, 6.45) is 0. The van der Waals surface area contributed by atoms with Gasteiger partial charge in [-0.2, -0.15) is 5.26 Å². The van der Waals surface area contributed by atoms with E-state index in [1.54, 1.807) is 6.07 Å². The van der Waals surface area contributed by atoms with Crippen LogP contribution >= 0.6 is 0 Å². The fraction of sp³-hybridized carbons (Fsp3) is 0.190. The minimum absolute atomic E-state index is 0.574. The van der Waals surface area contributed by atoms with Crippen LogP contribution in [-0.4, -0.2) is 36.3 Å². The summed E-state index contributed by atoms with van der Waals surface area (Å²) in [7, 11) is 0. The monoisotopic (exact) mass is 357 g/mol. The summed E-state index contributed by atoms with van der Waals surface area (Å²) in [5.74, 6) is 2.16. The second kappa shape index (κ2) is 7.85. The number of hydrogen-bond donors (Lipinski definition) is 1. The number of morpholine rings is 1. The molecular formula is C21H19N5O. The van der Waals surface area contributed by atoms with Crippen LogP contribution in [0.5, 0.6) is 0 Å². The van der Waals surface area contributed by atoms with Crippen molar-refractivity contribution in [2.24, 2.45) is 0 Å². The standard InChI is InChI=1S/C21H19N5O/c22-15-17-8-4-5-9-18(17)23-19-14-20(26-10-12-27-13-11-26)25-21(24-19)16-6-2-1-3-7-16/h1-9,14H,10-13H2,(H,23,24,25). The molecule has 2 aromatic carbocycles. The molecule has 6 nitrogen and oxygen atoms in total. The second-order valence-corrected chi connectivity index (χ2v) is 6.18. The molecule has 2 heterocycles. The van der Waals surface area contributed by atoms with E-state index in [1.807, 2.05) is 54.6 Å². The average molecular weight is 357 g/mol. The fourth-order valence-corrected chi connectivity index (χ4v) is 3.00. The van der Waals surface area contributed by atoms with Crippen LogP contribution in [0, 0.1) is 11.3 Å². The van der Waals surface area contributed by atoms with Gasteiger partial charge in [-0.1, -0.05) is 42.5 Å². The average Bonchev–Trinajstić information content (AvgIpc) is 2.75. The Morgan fingerprint density at radius 2 is 1.70 bits per heavy atom. The molecule has 1 aliphatic heterocycles. The number of ether oxygens (including phenoxy) is 1. The van der Waals surface area contributed by atoms with Crippen molar-refractivity contribution in [3.05, 3.63) is 66.2 Å². The van der Waals surface area contributed by atoms with Gasteiger partial charge in [0.05, 0.1) is 24.5 Å². The summed E-state index contributed by atoms with van der Waals surface area (Å²) in [6, 6.07) is 21.4. The molecule has 0 spiro atoms. The summed E-state index contributed by atoms with van der Waals surface area (Å²) in [5.41, 5.74) is 2.25. The van der Waals surface area contributed by atoms with E-state index >= 15 is 0 Å². The van der Waals surface area contributed by atoms with E-state index in [-0.39, 0.29) is 0 Å². The van der Waals surface area contributed by atoms with Gasteiger partial charge in [0.15, 0.2) is 5.82 Å². The van der Waals surface area contributed by atoms with Gasteiger partial charge in [0.25, 0.3) is 0 Å². The molecule has 3 aromatic rings. The highest BCUT2D eigenvalue weighted by atomic mass is 16.5. The zero-order valence-electron chi connectivity index (χ0n) is 14.8. The van der Waals surface area contributed by atoms with Crippen LogP contribution in [-0.2, 0) is 4.74 Å². The largest absolute Gasteiger partial charge is 0.378 e. The van der Waals surface area contributed by atoms with Gasteiger partial charge in [-0.25, -0.2) is 9.97 Å². The quantitative estimate of drug-likeness (QED) is 0.769. The summed E-state index contributed by atoms with van der Waals surface area (Å²) < 4.78 is 5.46. The fourth-order valence-electron chi connectivity index (χ4n) is 3.00. The third kappa shape index (κ3) is 3.89. The van der Waals surface area contributed by atoms with Crippen LogP contribution in [0.25, 0.3) is 11.4 Å². The first-order valence-corrected chi connectivity index (χ1v) is 8.87. The molecule has 1 fully saturated rings. The van der Waals surface area contributed by atoms with Crippen LogP contribution in [0.15, 0.2) is 60.7 Å². The molecule has 0 aliphatic carbocycles. The Bertz CT molecular complexity index is 962. The van der Waals surface area contributed by atoms with Crippen LogP contribution < -0.4 is 10.2 Å². The number of aromatic nitrogens is 2. The lowest BCUT2D eigenvalue weighted by Gasteiger charge is -2.28. The minimum Gasteiger partial charge on any atom is -0.378 e. The van der Waals surface area contributed by atoms with Crippen molar-refractivity contribution in [2.45, 2.75) is 0 Å². The van der Waals surface area contributed by atoms with Gasteiger partial charge in [-0.3, -0.25) is 0 Å². The molecule has 1 aromatic heterocycles. The predicted octanol–water partition coefficient (Wildman–Crippen LogP) is 3.60. The Hall–Kier alpha value is -3.43. The molecule has 6 heteroatoms. The molecule has 0 bridgehead atoms. The van der Waals surface area contributed by atoms with E-state index in [4.69, 9.17) is 9.72 Å². The SMILES string of the molecule is N#Cc1ccccc1Nc1cc(N2CCOCC2)nc(-c2ccccc2)n1. The lowest BCUT2D eigenvalue weighted by Crippen LogP contribution is -2.36. The molecule has 0 atom stereocenters. The van der Waals surface area contributed by atoms with Crippen LogP contribution in [0.2, 0.25) is 0 Å². The lowest BCUT2D eigenvalue weighted by atomic mass is 10.2. The van der Waals surface area contributed by atoms with Crippen molar-refractivity contribution >= 4 is 17.3 Å². The van der Waals surface area contributed by atoms with E-state index in [2.05, 4.69) is 21.3 Å². The van der Waals surface area contributed by atoms with Gasteiger partial charge >= 0.3 is 0 Å². The van der Waals surface area contributed by atoms with Gasteiger partial charge in [0.2, 0.25) is 0 Å². The lowest BCUT2D eigenvalue weighted by molar-refractivity contribution is 0.122. The number of hydrogen-bond acceptors (Lipinski definition) is 6. The smallest absolute Gasteiger partial charge is 0.163 e. The molecule has 0 radical (unpaired) electrons. The maximum Gasteiger partial charge on any atom is 0.163 e. The molecule has 1 aliphatic rings. The molecule has 1 saturated heterocycles. The van der Waals surface area contributed by atoms with E-state index in [0.717, 1.165) is 30.2 Å². The zero-order chi connectivity index (χ0) is 18.5. The van der Waals surface area contributed by atoms with E-state index in [1.165, 1.54) is 0 Å². The predicted molar refractivity (Wildman–Crippen MR) is 105 cm³/mol. The second-order valence-electron chi connectivity index (χ2n) is 6.18. The molecule has 0 saturated carbocycles. The van der Waals surface area contributed by atoms with E-state index in [0.29, 0.717) is 30.4 Å². The maximum absolute atomic E-state index is 9.34. The first-order chi connectivity index (χ1) is 13.3. The number of nitrogens with zero attached hydrogens (tertiary/aromatic N) is 4. The number of nitrogens with one attached hydrogen (secondary N) is 1. The van der Waals surface area contributed by atoms with Gasteiger partial charge < -0.3 is 15.0 Å². The molecule has 27 heavy (non-hydrogen) atoms. The minimum atomic E-state index is 0.574. The van der Waals surface area contributed by atoms with Gasteiger partial charge in [-0.05, 0) is 12.1 Å². The summed E-state index contributed by atoms with van der Waals surface area (Å²) in [5, 5.41) is 12.6.